The predicted molar refractivity (Wildman–Crippen MR) is 116 cm³/mol. The molecule has 0 aromatic heterocycles. The Morgan fingerprint density at radius 1 is 0.848 bits per heavy atom. The molecule has 2 aromatic carbocycles. The highest BCUT2D eigenvalue weighted by Crippen LogP contribution is 2.58. The lowest BCUT2D eigenvalue weighted by molar-refractivity contribution is 0.0555. The summed E-state index contributed by atoms with van der Waals surface area (Å²) < 4.78 is 66.1. The molecule has 9 nitrogen and oxygen atoms in total. The Morgan fingerprint density at radius 2 is 1.36 bits per heavy atom. The zero-order chi connectivity index (χ0) is 24.1. The topological polar surface area (TPSA) is 130 Å². The summed E-state index contributed by atoms with van der Waals surface area (Å²) in [4.78, 5) is 24.7. The molecule has 4 rings (SSSR count). The van der Waals surface area contributed by atoms with E-state index < -0.39 is 55.1 Å². The van der Waals surface area contributed by atoms with Gasteiger partial charge in [0.1, 0.15) is 11.4 Å². The molecular formula is C22H22O9S2. The number of sulfone groups is 1. The van der Waals surface area contributed by atoms with Crippen molar-refractivity contribution in [2.45, 2.75) is 34.5 Å². The van der Waals surface area contributed by atoms with Gasteiger partial charge in [-0.1, -0.05) is 18.2 Å². The molecular weight excluding hydrogens is 472 g/mol. The number of fused-ring (bicyclic) bond motifs is 5. The van der Waals surface area contributed by atoms with Crippen LogP contribution in [0.3, 0.4) is 0 Å². The van der Waals surface area contributed by atoms with Crippen molar-refractivity contribution in [3.05, 3.63) is 64.7 Å². The lowest BCUT2D eigenvalue weighted by Crippen LogP contribution is -2.41. The van der Waals surface area contributed by atoms with E-state index in [9.17, 15) is 26.4 Å². The fourth-order valence-corrected chi connectivity index (χ4v) is 7.79. The molecule has 4 atom stereocenters. The number of methoxy groups -OCH3 is 2. The van der Waals surface area contributed by atoms with Crippen molar-refractivity contribution in [2.24, 2.45) is 0 Å². The van der Waals surface area contributed by atoms with E-state index in [1.165, 1.54) is 38.5 Å². The van der Waals surface area contributed by atoms with Crippen molar-refractivity contribution in [2.75, 3.05) is 20.5 Å². The number of hydrogen-bond donors (Lipinski definition) is 0. The van der Waals surface area contributed by atoms with Crippen molar-refractivity contribution in [1.29, 1.82) is 0 Å². The molecule has 2 aliphatic rings. The molecule has 2 aromatic rings. The van der Waals surface area contributed by atoms with Crippen LogP contribution in [-0.4, -0.2) is 60.6 Å². The van der Waals surface area contributed by atoms with E-state index in [4.69, 9.17) is 13.7 Å². The van der Waals surface area contributed by atoms with Crippen molar-refractivity contribution >= 4 is 31.9 Å². The van der Waals surface area contributed by atoms with Crippen LogP contribution < -0.4 is 0 Å². The first-order chi connectivity index (χ1) is 15.5. The summed E-state index contributed by atoms with van der Waals surface area (Å²) in [6.45, 7) is 0. The molecule has 0 heterocycles. The summed E-state index contributed by atoms with van der Waals surface area (Å²) in [5, 5.41) is -1.19. The standard InChI is InChI=1S/C22H22O9S2/c1-29-21(23)17-9-13-14(10-18(17)22(24)30-2)16-11-15(13)19(31-32(3,25)26)20(16)33(27,28)12-7-5-4-6-8-12/h4-10,15-16,19-20H,11H2,1-3H3/t15-,16+,19-,20-/m0/s1. The molecule has 1 saturated carbocycles. The van der Waals surface area contributed by atoms with E-state index in [0.717, 1.165) is 6.26 Å². The minimum Gasteiger partial charge on any atom is -0.465 e. The van der Waals surface area contributed by atoms with E-state index in [1.54, 1.807) is 18.2 Å². The third kappa shape index (κ3) is 3.94. The highest BCUT2D eigenvalue weighted by molar-refractivity contribution is 7.92. The van der Waals surface area contributed by atoms with Crippen LogP contribution in [0.5, 0.6) is 0 Å². The molecule has 2 aliphatic carbocycles. The second-order valence-corrected chi connectivity index (χ2v) is 11.8. The third-order valence-electron chi connectivity index (χ3n) is 6.17. The highest BCUT2D eigenvalue weighted by atomic mass is 32.2. The quantitative estimate of drug-likeness (QED) is 0.437. The number of ether oxygens (including phenoxy) is 2. The summed E-state index contributed by atoms with van der Waals surface area (Å²) in [6, 6.07) is 10.6. The van der Waals surface area contributed by atoms with Gasteiger partial charge in [-0.2, -0.15) is 8.42 Å². The lowest BCUT2D eigenvalue weighted by atomic mass is 9.86. The Hall–Kier alpha value is -2.76. The Bertz CT molecular complexity index is 1330. The zero-order valence-electron chi connectivity index (χ0n) is 18.0. The number of rotatable bonds is 6. The molecule has 0 spiro atoms. The molecule has 0 aliphatic heterocycles. The molecule has 33 heavy (non-hydrogen) atoms. The molecule has 1 fully saturated rings. The van der Waals surface area contributed by atoms with E-state index >= 15 is 0 Å². The van der Waals surface area contributed by atoms with Gasteiger partial charge in [0.05, 0.1) is 36.5 Å². The van der Waals surface area contributed by atoms with Crippen LogP contribution in [0, 0.1) is 0 Å². The molecule has 0 unspecified atom stereocenters. The van der Waals surface area contributed by atoms with Gasteiger partial charge >= 0.3 is 11.9 Å². The van der Waals surface area contributed by atoms with Crippen LogP contribution in [0.4, 0.5) is 0 Å². The average Bonchev–Trinajstić information content (AvgIpc) is 3.33. The molecule has 0 saturated heterocycles. The summed E-state index contributed by atoms with van der Waals surface area (Å²) in [5.74, 6) is -2.79. The van der Waals surface area contributed by atoms with Crippen LogP contribution in [0.2, 0.25) is 0 Å². The molecule has 0 radical (unpaired) electrons. The van der Waals surface area contributed by atoms with Crippen LogP contribution in [0.15, 0.2) is 47.4 Å². The molecule has 0 amide bonds. The van der Waals surface area contributed by atoms with Crippen LogP contribution in [-0.2, 0) is 33.6 Å². The normalized spacial score (nSPS) is 23.7. The second-order valence-electron chi connectivity index (χ2n) is 8.05. The zero-order valence-corrected chi connectivity index (χ0v) is 19.7. The Morgan fingerprint density at radius 3 is 1.85 bits per heavy atom. The van der Waals surface area contributed by atoms with Gasteiger partial charge in [0.2, 0.25) is 0 Å². The number of benzene rings is 2. The number of esters is 2. The minimum absolute atomic E-state index is 0.0452. The summed E-state index contributed by atoms with van der Waals surface area (Å²) >= 11 is 0. The van der Waals surface area contributed by atoms with Crippen molar-refractivity contribution in [1.82, 2.24) is 0 Å². The van der Waals surface area contributed by atoms with Crippen molar-refractivity contribution in [3.8, 4) is 0 Å². The van der Waals surface area contributed by atoms with Gasteiger partial charge in [-0.05, 0) is 41.8 Å². The average molecular weight is 495 g/mol. The first-order valence-electron chi connectivity index (χ1n) is 10.0. The van der Waals surface area contributed by atoms with E-state index in [-0.39, 0.29) is 22.4 Å². The van der Waals surface area contributed by atoms with Gasteiger partial charge in [0, 0.05) is 11.8 Å². The van der Waals surface area contributed by atoms with Crippen LogP contribution in [0.1, 0.15) is 50.1 Å². The maximum Gasteiger partial charge on any atom is 0.338 e. The smallest absolute Gasteiger partial charge is 0.338 e. The fraction of sp³-hybridized carbons (Fsp3) is 0.364. The van der Waals surface area contributed by atoms with E-state index in [2.05, 4.69) is 0 Å². The maximum atomic E-state index is 13.6. The van der Waals surface area contributed by atoms with E-state index in [1.807, 2.05) is 0 Å². The van der Waals surface area contributed by atoms with Crippen LogP contribution in [0.25, 0.3) is 0 Å². The van der Waals surface area contributed by atoms with Crippen LogP contribution >= 0.6 is 0 Å². The molecule has 2 bridgehead atoms. The molecule has 0 N–H and O–H groups in total. The SMILES string of the molecule is COC(=O)c1cc2c(cc1C(=O)OC)[C@@H]1C[C@H]2[C@H](S(=O)(=O)c2ccccc2)[C@H]1OS(C)(=O)=O. The largest absolute Gasteiger partial charge is 0.465 e. The summed E-state index contributed by atoms with van der Waals surface area (Å²) in [5.41, 5.74) is 1.01. The van der Waals surface area contributed by atoms with Crippen molar-refractivity contribution < 1.29 is 40.1 Å². The Balaban J connectivity index is 1.91. The Labute approximate surface area is 191 Å². The number of hydrogen-bond acceptors (Lipinski definition) is 9. The highest BCUT2D eigenvalue weighted by Gasteiger charge is 2.58. The minimum atomic E-state index is -4.00. The van der Waals surface area contributed by atoms with Gasteiger partial charge < -0.3 is 9.47 Å². The molecule has 11 heteroatoms. The second kappa shape index (κ2) is 8.23. The first kappa shape index (κ1) is 23.4. The number of carbonyl (C=O) groups excluding carboxylic acids is 2. The van der Waals surface area contributed by atoms with Gasteiger partial charge in [0.15, 0.2) is 9.84 Å². The van der Waals surface area contributed by atoms with Gasteiger partial charge in [0.25, 0.3) is 10.1 Å². The van der Waals surface area contributed by atoms with Gasteiger partial charge in [-0.15, -0.1) is 0 Å². The first-order valence-corrected chi connectivity index (χ1v) is 13.4. The Kier molecular flexibility index (Phi) is 5.83. The predicted octanol–water partition coefficient (Wildman–Crippen LogP) is 2.03. The van der Waals surface area contributed by atoms with Crippen molar-refractivity contribution in [3.63, 3.8) is 0 Å². The van der Waals surface area contributed by atoms with Gasteiger partial charge in [-0.3, -0.25) is 4.18 Å². The lowest BCUT2D eigenvalue weighted by Gasteiger charge is -2.32. The monoisotopic (exact) mass is 494 g/mol. The fourth-order valence-electron chi connectivity index (χ4n) is 4.92. The maximum absolute atomic E-state index is 13.6. The van der Waals surface area contributed by atoms with Gasteiger partial charge in [-0.25, -0.2) is 18.0 Å². The summed E-state index contributed by atoms with van der Waals surface area (Å²) in [6.07, 6.45) is -0.0266. The number of carbonyl (C=O) groups is 2. The molecule has 176 valence electrons. The third-order valence-corrected chi connectivity index (χ3v) is 8.99. The van der Waals surface area contributed by atoms with E-state index in [0.29, 0.717) is 11.1 Å². The summed E-state index contributed by atoms with van der Waals surface area (Å²) in [7, 11) is -5.66.